The molecule has 2 aliphatic heterocycles. The standard InChI is InChI=1S/C23H24FN5O2S/c1-13-2-3-17(24)14(6-13)9-26-18-11-27-21-5-4-19(29(21)23(18)31)22(30)28-10-16-7-15-8-25-12-20(15)32-16/h2-3,6-7,11,19,25-26H,4-5,8-10,12H2,1H3,(H,28,30). The predicted octanol–water partition coefficient (Wildman–Crippen LogP) is 2.77. The first-order valence-electron chi connectivity index (χ1n) is 10.7. The third-order valence-corrected chi connectivity index (χ3v) is 7.16. The lowest BCUT2D eigenvalue weighted by molar-refractivity contribution is -0.124. The van der Waals surface area contributed by atoms with Crippen molar-refractivity contribution in [3.05, 3.63) is 78.9 Å². The third-order valence-electron chi connectivity index (χ3n) is 5.98. The fourth-order valence-electron chi connectivity index (χ4n) is 4.32. The molecule has 1 amide bonds. The molecule has 0 spiro atoms. The molecule has 9 heteroatoms. The third kappa shape index (κ3) is 3.93. The second kappa shape index (κ2) is 8.48. The molecule has 4 heterocycles. The molecule has 166 valence electrons. The van der Waals surface area contributed by atoms with Gasteiger partial charge in [0, 0.05) is 41.4 Å². The predicted molar refractivity (Wildman–Crippen MR) is 121 cm³/mol. The van der Waals surface area contributed by atoms with E-state index in [4.69, 9.17) is 0 Å². The molecule has 3 aromatic rings. The first kappa shape index (κ1) is 20.8. The number of hydrogen-bond acceptors (Lipinski definition) is 6. The number of fused-ring (bicyclic) bond motifs is 2. The topological polar surface area (TPSA) is 88.0 Å². The van der Waals surface area contributed by atoms with E-state index >= 15 is 0 Å². The Labute approximate surface area is 188 Å². The quantitative estimate of drug-likeness (QED) is 0.534. The highest BCUT2D eigenvalue weighted by Crippen LogP contribution is 2.27. The van der Waals surface area contributed by atoms with Crippen LogP contribution in [0.15, 0.2) is 35.3 Å². The van der Waals surface area contributed by atoms with Crippen LogP contribution in [0.2, 0.25) is 0 Å². The van der Waals surface area contributed by atoms with Gasteiger partial charge in [0.2, 0.25) is 5.91 Å². The maximum atomic E-state index is 14.0. The highest BCUT2D eigenvalue weighted by atomic mass is 32.1. The summed E-state index contributed by atoms with van der Waals surface area (Å²) in [5.74, 6) is 0.0923. The zero-order valence-electron chi connectivity index (χ0n) is 17.7. The summed E-state index contributed by atoms with van der Waals surface area (Å²) in [6.45, 7) is 4.26. The van der Waals surface area contributed by atoms with Crippen LogP contribution in [0.5, 0.6) is 0 Å². The number of aryl methyl sites for hydroxylation is 2. The smallest absolute Gasteiger partial charge is 0.277 e. The highest BCUT2D eigenvalue weighted by molar-refractivity contribution is 7.12. The molecular formula is C23H24FN5O2S. The minimum absolute atomic E-state index is 0.165. The highest BCUT2D eigenvalue weighted by Gasteiger charge is 2.31. The number of aromatic nitrogens is 2. The molecule has 0 bridgehead atoms. The Hall–Kier alpha value is -3.04. The minimum atomic E-state index is -0.587. The van der Waals surface area contributed by atoms with Crippen LogP contribution in [0, 0.1) is 12.7 Å². The van der Waals surface area contributed by atoms with Crippen LogP contribution in [0.1, 0.15) is 44.7 Å². The average Bonchev–Trinajstić information content (AvgIpc) is 3.48. The molecule has 32 heavy (non-hydrogen) atoms. The van der Waals surface area contributed by atoms with Crippen molar-refractivity contribution in [2.45, 2.75) is 52.0 Å². The summed E-state index contributed by atoms with van der Waals surface area (Å²) in [7, 11) is 0. The number of benzene rings is 1. The molecule has 0 aliphatic carbocycles. The number of hydrogen-bond donors (Lipinski definition) is 3. The van der Waals surface area contributed by atoms with Gasteiger partial charge in [-0.15, -0.1) is 11.3 Å². The minimum Gasteiger partial charge on any atom is -0.375 e. The molecule has 2 aliphatic rings. The number of anilines is 1. The van der Waals surface area contributed by atoms with Gasteiger partial charge in [-0.25, -0.2) is 9.37 Å². The number of rotatable bonds is 6. The monoisotopic (exact) mass is 453 g/mol. The Morgan fingerprint density at radius 1 is 1.31 bits per heavy atom. The molecule has 0 fully saturated rings. The molecular weight excluding hydrogens is 429 g/mol. The normalized spacial score (nSPS) is 16.6. The molecule has 7 nitrogen and oxygen atoms in total. The zero-order valence-corrected chi connectivity index (χ0v) is 18.5. The number of nitrogens with zero attached hydrogens (tertiary/aromatic N) is 2. The molecule has 0 radical (unpaired) electrons. The molecule has 1 atom stereocenters. The maximum absolute atomic E-state index is 14.0. The van der Waals surface area contributed by atoms with E-state index in [0.29, 0.717) is 30.8 Å². The van der Waals surface area contributed by atoms with Crippen LogP contribution in [0.4, 0.5) is 10.1 Å². The van der Waals surface area contributed by atoms with E-state index < -0.39 is 6.04 Å². The van der Waals surface area contributed by atoms with Crippen LogP contribution < -0.4 is 21.5 Å². The number of carbonyl (C=O) groups excluding carboxylic acids is 1. The van der Waals surface area contributed by atoms with Crippen molar-refractivity contribution in [2.75, 3.05) is 5.32 Å². The molecule has 0 saturated heterocycles. The average molecular weight is 454 g/mol. The lowest BCUT2D eigenvalue weighted by Gasteiger charge is -2.15. The summed E-state index contributed by atoms with van der Waals surface area (Å²) in [5.41, 5.74) is 2.67. The molecule has 2 aromatic heterocycles. The Morgan fingerprint density at radius 2 is 2.19 bits per heavy atom. The number of thiophene rings is 1. The Balaban J connectivity index is 1.29. The van der Waals surface area contributed by atoms with E-state index in [9.17, 15) is 14.0 Å². The van der Waals surface area contributed by atoms with Crippen molar-refractivity contribution >= 4 is 22.9 Å². The summed E-state index contributed by atoms with van der Waals surface area (Å²) in [6.07, 6.45) is 2.58. The van der Waals surface area contributed by atoms with Crippen molar-refractivity contribution in [1.82, 2.24) is 20.2 Å². The number of halogens is 1. The van der Waals surface area contributed by atoms with Gasteiger partial charge in [-0.05, 0) is 31.0 Å². The largest absolute Gasteiger partial charge is 0.375 e. The SMILES string of the molecule is Cc1ccc(F)c(CNc2cnc3n(c2=O)C(C(=O)NCc2cc4c(s2)CNC4)CC3)c1. The first-order chi connectivity index (χ1) is 15.5. The van der Waals surface area contributed by atoms with Gasteiger partial charge < -0.3 is 16.0 Å². The fourth-order valence-corrected chi connectivity index (χ4v) is 5.42. The molecule has 3 N–H and O–H groups in total. The molecule has 5 rings (SSSR count). The lowest BCUT2D eigenvalue weighted by Crippen LogP contribution is -2.36. The van der Waals surface area contributed by atoms with Crippen LogP contribution in [-0.4, -0.2) is 15.5 Å². The van der Waals surface area contributed by atoms with Crippen LogP contribution >= 0.6 is 11.3 Å². The summed E-state index contributed by atoms with van der Waals surface area (Å²) < 4.78 is 15.5. The first-order valence-corrected chi connectivity index (χ1v) is 11.5. The van der Waals surface area contributed by atoms with E-state index in [2.05, 4.69) is 27.0 Å². The van der Waals surface area contributed by atoms with Gasteiger partial charge in [0.1, 0.15) is 23.4 Å². The van der Waals surface area contributed by atoms with E-state index in [1.54, 1.807) is 23.5 Å². The van der Waals surface area contributed by atoms with Gasteiger partial charge in [-0.1, -0.05) is 17.7 Å². The van der Waals surface area contributed by atoms with Crippen LogP contribution in [0.3, 0.4) is 0 Å². The summed E-state index contributed by atoms with van der Waals surface area (Å²) in [6, 6.07) is 6.40. The summed E-state index contributed by atoms with van der Waals surface area (Å²) in [5, 5.41) is 9.28. The summed E-state index contributed by atoms with van der Waals surface area (Å²) in [4.78, 5) is 32.8. The van der Waals surface area contributed by atoms with Gasteiger partial charge in [-0.2, -0.15) is 0 Å². The fraction of sp³-hybridized carbons (Fsp3) is 0.348. The van der Waals surface area contributed by atoms with E-state index in [1.807, 2.05) is 6.92 Å². The van der Waals surface area contributed by atoms with Gasteiger partial charge in [-0.3, -0.25) is 14.2 Å². The Kier molecular flexibility index (Phi) is 5.52. The zero-order chi connectivity index (χ0) is 22.2. The Morgan fingerprint density at radius 3 is 3.03 bits per heavy atom. The van der Waals surface area contributed by atoms with Crippen molar-refractivity contribution in [3.63, 3.8) is 0 Å². The number of amides is 1. The molecule has 1 unspecified atom stereocenters. The van der Waals surface area contributed by atoms with Gasteiger partial charge in [0.05, 0.1) is 12.7 Å². The van der Waals surface area contributed by atoms with Crippen molar-refractivity contribution in [1.29, 1.82) is 0 Å². The van der Waals surface area contributed by atoms with Gasteiger partial charge in [0.25, 0.3) is 5.56 Å². The lowest BCUT2D eigenvalue weighted by atomic mass is 10.1. The number of carbonyl (C=O) groups is 1. The van der Waals surface area contributed by atoms with Crippen molar-refractivity contribution in [2.24, 2.45) is 0 Å². The molecule has 0 saturated carbocycles. The van der Waals surface area contributed by atoms with E-state index in [1.165, 1.54) is 27.3 Å². The van der Waals surface area contributed by atoms with Crippen LogP contribution in [0.25, 0.3) is 0 Å². The van der Waals surface area contributed by atoms with Gasteiger partial charge in [0.15, 0.2) is 0 Å². The number of nitrogens with one attached hydrogen (secondary N) is 3. The van der Waals surface area contributed by atoms with Crippen molar-refractivity contribution < 1.29 is 9.18 Å². The van der Waals surface area contributed by atoms with E-state index in [-0.39, 0.29) is 29.5 Å². The molecule has 1 aromatic carbocycles. The second-order valence-electron chi connectivity index (χ2n) is 8.25. The van der Waals surface area contributed by atoms with Crippen LogP contribution in [-0.2, 0) is 37.4 Å². The maximum Gasteiger partial charge on any atom is 0.277 e. The summed E-state index contributed by atoms with van der Waals surface area (Å²) >= 11 is 1.71. The van der Waals surface area contributed by atoms with Gasteiger partial charge >= 0.3 is 0 Å². The second-order valence-corrected chi connectivity index (χ2v) is 9.47. The Bertz CT molecular complexity index is 1230. The van der Waals surface area contributed by atoms with E-state index in [0.717, 1.165) is 23.5 Å². The van der Waals surface area contributed by atoms with Crippen molar-refractivity contribution in [3.8, 4) is 0 Å².